The number of pyridine rings is 2. The number of ether oxygens (including phenoxy) is 1. The van der Waals surface area contributed by atoms with Crippen LogP contribution in [0.15, 0.2) is 36.8 Å². The molecule has 5 heterocycles. The van der Waals surface area contributed by atoms with Gasteiger partial charge in [0, 0.05) is 43.3 Å². The molecule has 170 valence electrons. The number of carbonyl (C=O) groups is 1. The van der Waals surface area contributed by atoms with Gasteiger partial charge in [-0.05, 0) is 61.9 Å². The normalized spacial score (nSPS) is 19.3. The molecule has 3 aromatic heterocycles. The molecule has 1 amide bonds. The van der Waals surface area contributed by atoms with Gasteiger partial charge in [-0.15, -0.1) is 0 Å². The van der Waals surface area contributed by atoms with Gasteiger partial charge in [-0.25, -0.2) is 19.9 Å². The van der Waals surface area contributed by atoms with E-state index in [4.69, 9.17) is 9.72 Å². The molecule has 1 spiro atoms. The Hall–Kier alpha value is -3.55. The molecule has 1 fully saturated rings. The van der Waals surface area contributed by atoms with Crippen LogP contribution in [0.5, 0.6) is 5.88 Å². The SMILES string of the molecule is COc1cc(CC(=O)N2CC[C@@]3(CCc4cc(-c5ncccn5)c(C)nc4N3)C2)c(C)cn1. The van der Waals surface area contributed by atoms with Crippen LogP contribution < -0.4 is 10.1 Å². The second-order valence-electron chi connectivity index (χ2n) is 9.00. The number of likely N-dealkylation sites (tertiary alicyclic amines) is 1. The van der Waals surface area contributed by atoms with E-state index < -0.39 is 0 Å². The van der Waals surface area contributed by atoms with Crippen molar-refractivity contribution in [3.8, 4) is 17.3 Å². The van der Waals surface area contributed by atoms with Gasteiger partial charge in [-0.3, -0.25) is 4.79 Å². The van der Waals surface area contributed by atoms with Gasteiger partial charge >= 0.3 is 0 Å². The van der Waals surface area contributed by atoms with E-state index in [0.717, 1.165) is 54.0 Å². The lowest BCUT2D eigenvalue weighted by molar-refractivity contribution is -0.129. The molecular formula is C25H28N6O2. The highest BCUT2D eigenvalue weighted by Gasteiger charge is 2.42. The maximum atomic E-state index is 13.1. The molecule has 2 aliphatic heterocycles. The molecule has 8 heteroatoms. The van der Waals surface area contributed by atoms with Crippen LogP contribution in [-0.2, 0) is 17.6 Å². The maximum absolute atomic E-state index is 13.1. The fourth-order valence-corrected chi connectivity index (χ4v) is 4.81. The molecule has 3 aromatic rings. The highest BCUT2D eigenvalue weighted by Crippen LogP contribution is 2.38. The van der Waals surface area contributed by atoms with Crippen LogP contribution in [0.2, 0.25) is 0 Å². The minimum Gasteiger partial charge on any atom is -0.481 e. The quantitative estimate of drug-likeness (QED) is 0.661. The van der Waals surface area contributed by atoms with Gasteiger partial charge in [0.1, 0.15) is 5.82 Å². The van der Waals surface area contributed by atoms with E-state index in [9.17, 15) is 4.79 Å². The fourth-order valence-electron chi connectivity index (χ4n) is 4.81. The predicted molar refractivity (Wildman–Crippen MR) is 125 cm³/mol. The molecule has 1 atom stereocenters. The van der Waals surface area contributed by atoms with Crippen molar-refractivity contribution < 1.29 is 9.53 Å². The summed E-state index contributed by atoms with van der Waals surface area (Å²) in [6.45, 7) is 5.40. The third-order valence-corrected chi connectivity index (χ3v) is 6.80. The zero-order valence-electron chi connectivity index (χ0n) is 19.3. The topological polar surface area (TPSA) is 93.1 Å². The number of aryl methyl sites for hydroxylation is 3. The Balaban J connectivity index is 1.31. The van der Waals surface area contributed by atoms with Gasteiger partial charge in [-0.2, -0.15) is 0 Å². The molecule has 1 saturated heterocycles. The van der Waals surface area contributed by atoms with Crippen molar-refractivity contribution in [2.75, 3.05) is 25.5 Å². The Morgan fingerprint density at radius 3 is 2.79 bits per heavy atom. The number of hydrogen-bond acceptors (Lipinski definition) is 7. The predicted octanol–water partition coefficient (Wildman–Crippen LogP) is 3.13. The molecule has 5 rings (SSSR count). The fraction of sp³-hybridized carbons (Fsp3) is 0.400. The lowest BCUT2D eigenvalue weighted by Gasteiger charge is -2.36. The summed E-state index contributed by atoms with van der Waals surface area (Å²) in [5.41, 5.74) is 4.88. The van der Waals surface area contributed by atoms with Gasteiger partial charge in [-0.1, -0.05) is 0 Å². The molecule has 1 N–H and O–H groups in total. The molecule has 0 unspecified atom stereocenters. The molecule has 33 heavy (non-hydrogen) atoms. The summed E-state index contributed by atoms with van der Waals surface area (Å²) in [6, 6.07) is 5.83. The zero-order valence-corrected chi connectivity index (χ0v) is 19.3. The van der Waals surface area contributed by atoms with Crippen molar-refractivity contribution in [1.82, 2.24) is 24.8 Å². The minimum atomic E-state index is -0.127. The highest BCUT2D eigenvalue weighted by atomic mass is 16.5. The summed E-state index contributed by atoms with van der Waals surface area (Å²) in [6.07, 6.45) is 8.42. The van der Waals surface area contributed by atoms with Crippen molar-refractivity contribution >= 4 is 11.7 Å². The first-order valence-electron chi connectivity index (χ1n) is 11.3. The first-order valence-corrected chi connectivity index (χ1v) is 11.3. The maximum Gasteiger partial charge on any atom is 0.227 e. The van der Waals surface area contributed by atoms with Crippen molar-refractivity contribution in [1.29, 1.82) is 0 Å². The molecule has 0 bridgehead atoms. The number of rotatable bonds is 4. The van der Waals surface area contributed by atoms with E-state index in [1.54, 1.807) is 25.7 Å². The standard InChI is InChI=1S/C25H28N6O2/c1-16-14-28-21(33-3)12-19(16)13-22(32)31-10-7-25(15-31)6-5-18-11-20(17(2)29-23(18)30-25)24-26-8-4-9-27-24/h4,8-9,11-12,14H,5-7,10,13,15H2,1-3H3,(H,29,30)/t25-/m0/s1. The number of aromatic nitrogens is 4. The lowest BCUT2D eigenvalue weighted by Crippen LogP contribution is -2.45. The Bertz CT molecular complexity index is 1200. The van der Waals surface area contributed by atoms with Crippen molar-refractivity contribution in [2.45, 2.75) is 45.1 Å². The summed E-state index contributed by atoms with van der Waals surface area (Å²) >= 11 is 0. The van der Waals surface area contributed by atoms with E-state index in [1.165, 1.54) is 5.56 Å². The van der Waals surface area contributed by atoms with Gasteiger partial charge in [0.2, 0.25) is 11.8 Å². The molecule has 8 nitrogen and oxygen atoms in total. The van der Waals surface area contributed by atoms with Crippen LogP contribution in [0.3, 0.4) is 0 Å². The largest absolute Gasteiger partial charge is 0.481 e. The van der Waals surface area contributed by atoms with E-state index >= 15 is 0 Å². The Labute approximate surface area is 193 Å². The van der Waals surface area contributed by atoms with Crippen LogP contribution in [0.4, 0.5) is 5.82 Å². The van der Waals surface area contributed by atoms with Crippen LogP contribution in [0, 0.1) is 13.8 Å². The summed E-state index contributed by atoms with van der Waals surface area (Å²) < 4.78 is 5.23. The van der Waals surface area contributed by atoms with E-state index in [1.807, 2.05) is 30.9 Å². The number of carbonyl (C=O) groups excluding carboxylic acids is 1. The van der Waals surface area contributed by atoms with Gasteiger partial charge in [0.25, 0.3) is 0 Å². The molecular weight excluding hydrogens is 416 g/mol. The summed E-state index contributed by atoms with van der Waals surface area (Å²) in [4.78, 5) is 32.9. The van der Waals surface area contributed by atoms with Gasteiger partial charge in [0.15, 0.2) is 5.82 Å². The second kappa shape index (κ2) is 8.42. The summed E-state index contributed by atoms with van der Waals surface area (Å²) in [5.74, 6) is 2.29. The number of anilines is 1. The van der Waals surface area contributed by atoms with Gasteiger partial charge in [0.05, 0.1) is 24.8 Å². The van der Waals surface area contributed by atoms with Crippen LogP contribution in [0.1, 0.15) is 35.2 Å². The minimum absolute atomic E-state index is 0.127. The molecule has 0 saturated carbocycles. The van der Waals surface area contributed by atoms with Gasteiger partial charge < -0.3 is 15.0 Å². The molecule has 0 aliphatic carbocycles. The number of nitrogens with one attached hydrogen (secondary N) is 1. The van der Waals surface area contributed by atoms with E-state index in [2.05, 4.69) is 26.3 Å². The lowest BCUT2D eigenvalue weighted by atomic mass is 9.86. The summed E-state index contributed by atoms with van der Waals surface area (Å²) in [7, 11) is 1.59. The van der Waals surface area contributed by atoms with E-state index in [-0.39, 0.29) is 11.4 Å². The number of methoxy groups -OCH3 is 1. The number of amides is 1. The average molecular weight is 445 g/mol. The van der Waals surface area contributed by atoms with Crippen LogP contribution in [-0.4, -0.2) is 56.5 Å². The number of hydrogen-bond donors (Lipinski definition) is 1. The highest BCUT2D eigenvalue weighted by molar-refractivity contribution is 5.80. The number of fused-ring (bicyclic) bond motifs is 1. The molecule has 0 aromatic carbocycles. The Morgan fingerprint density at radius 2 is 2.00 bits per heavy atom. The van der Waals surface area contributed by atoms with Crippen molar-refractivity contribution in [2.24, 2.45) is 0 Å². The first kappa shape index (κ1) is 21.3. The summed E-state index contributed by atoms with van der Waals surface area (Å²) in [5, 5.41) is 3.69. The monoisotopic (exact) mass is 444 g/mol. The van der Waals surface area contributed by atoms with Crippen LogP contribution in [0.25, 0.3) is 11.4 Å². The third-order valence-electron chi connectivity index (χ3n) is 6.80. The number of nitrogens with zero attached hydrogens (tertiary/aromatic N) is 5. The van der Waals surface area contributed by atoms with Crippen molar-refractivity contribution in [3.05, 3.63) is 59.2 Å². The Morgan fingerprint density at radius 1 is 1.18 bits per heavy atom. The third kappa shape index (κ3) is 4.13. The second-order valence-corrected chi connectivity index (χ2v) is 9.00. The average Bonchev–Trinajstić information content (AvgIpc) is 3.24. The van der Waals surface area contributed by atoms with Crippen molar-refractivity contribution in [3.63, 3.8) is 0 Å². The van der Waals surface area contributed by atoms with Crippen LogP contribution >= 0.6 is 0 Å². The Kier molecular flexibility index (Phi) is 5.44. The zero-order chi connectivity index (χ0) is 23.0. The smallest absolute Gasteiger partial charge is 0.227 e. The first-order chi connectivity index (χ1) is 16.0. The van der Waals surface area contributed by atoms with E-state index in [0.29, 0.717) is 24.7 Å². The molecule has 0 radical (unpaired) electrons. The molecule has 2 aliphatic rings.